The van der Waals surface area contributed by atoms with Crippen LogP contribution in [0.5, 0.6) is 0 Å². The molecule has 4 rings (SSSR count). The molecule has 3 heterocycles. The van der Waals surface area contributed by atoms with Gasteiger partial charge in [0.2, 0.25) is 0 Å². The van der Waals surface area contributed by atoms with Crippen LogP contribution in [-0.2, 0) is 14.1 Å². The molecule has 0 aliphatic heterocycles. The van der Waals surface area contributed by atoms with E-state index in [0.29, 0.717) is 15.7 Å². The lowest BCUT2D eigenvalue weighted by Crippen LogP contribution is -2.00. The summed E-state index contributed by atoms with van der Waals surface area (Å²) in [6.45, 7) is 4.00. The number of hydrogen-bond acceptors (Lipinski definition) is 3. The molecule has 0 bridgehead atoms. The number of benzene rings is 1. The van der Waals surface area contributed by atoms with Crippen LogP contribution < -0.4 is 0 Å². The summed E-state index contributed by atoms with van der Waals surface area (Å²) < 4.78 is 5.46. The molecule has 0 atom stereocenters. The standard InChI is InChI=1S/C19H18Cl2N6/c1-11-15(9-22-25(11)3)18-17(21)19(16-10-23-26(4)12(16)2)27(24-18)14-7-5-13(20)6-8-14/h5-10H,1-4H3. The van der Waals surface area contributed by atoms with Gasteiger partial charge in [-0.3, -0.25) is 9.36 Å². The second-order valence-corrected chi connectivity index (χ2v) is 7.25. The first-order valence-electron chi connectivity index (χ1n) is 8.41. The van der Waals surface area contributed by atoms with Gasteiger partial charge >= 0.3 is 0 Å². The van der Waals surface area contributed by atoms with Crippen LogP contribution in [0.3, 0.4) is 0 Å². The maximum atomic E-state index is 6.86. The lowest BCUT2D eigenvalue weighted by molar-refractivity contribution is 0.740. The smallest absolute Gasteiger partial charge is 0.115 e. The van der Waals surface area contributed by atoms with Crippen molar-refractivity contribution < 1.29 is 0 Å². The predicted molar refractivity (Wildman–Crippen MR) is 107 cm³/mol. The maximum absolute atomic E-state index is 6.86. The Hall–Kier alpha value is -2.57. The first-order valence-corrected chi connectivity index (χ1v) is 9.16. The normalized spacial score (nSPS) is 11.3. The Labute approximate surface area is 166 Å². The van der Waals surface area contributed by atoms with Crippen molar-refractivity contribution in [2.75, 3.05) is 0 Å². The second-order valence-electron chi connectivity index (χ2n) is 6.43. The van der Waals surface area contributed by atoms with Crippen molar-refractivity contribution in [3.63, 3.8) is 0 Å². The van der Waals surface area contributed by atoms with Crippen LogP contribution in [-0.4, -0.2) is 29.3 Å². The molecule has 0 aliphatic rings. The molecule has 0 radical (unpaired) electrons. The number of halogens is 2. The van der Waals surface area contributed by atoms with E-state index in [1.165, 1.54) is 0 Å². The molecule has 0 saturated carbocycles. The molecule has 138 valence electrons. The van der Waals surface area contributed by atoms with Crippen LogP contribution in [0.15, 0.2) is 36.7 Å². The van der Waals surface area contributed by atoms with Gasteiger partial charge in [0.25, 0.3) is 0 Å². The molecule has 1 aromatic carbocycles. The second kappa shape index (κ2) is 6.55. The number of aromatic nitrogens is 6. The van der Waals surface area contributed by atoms with Crippen LogP contribution >= 0.6 is 23.2 Å². The van der Waals surface area contributed by atoms with E-state index in [-0.39, 0.29) is 0 Å². The Morgan fingerprint density at radius 1 is 0.815 bits per heavy atom. The molecule has 3 aromatic heterocycles. The molecule has 4 aromatic rings. The number of nitrogens with zero attached hydrogens (tertiary/aromatic N) is 6. The summed E-state index contributed by atoms with van der Waals surface area (Å²) in [7, 11) is 3.80. The fourth-order valence-electron chi connectivity index (χ4n) is 3.03. The molecule has 0 unspecified atom stereocenters. The molecule has 0 amide bonds. The average molecular weight is 401 g/mol. The largest absolute Gasteiger partial charge is 0.272 e. The van der Waals surface area contributed by atoms with Gasteiger partial charge in [0.15, 0.2) is 0 Å². The fourth-order valence-corrected chi connectivity index (χ4v) is 3.48. The zero-order chi connectivity index (χ0) is 19.3. The quantitative estimate of drug-likeness (QED) is 0.504. The zero-order valence-electron chi connectivity index (χ0n) is 15.4. The van der Waals surface area contributed by atoms with Gasteiger partial charge in [-0.15, -0.1) is 0 Å². The molecule has 0 N–H and O–H groups in total. The highest BCUT2D eigenvalue weighted by atomic mass is 35.5. The van der Waals surface area contributed by atoms with Crippen molar-refractivity contribution in [1.82, 2.24) is 29.3 Å². The van der Waals surface area contributed by atoms with Crippen molar-refractivity contribution >= 4 is 23.2 Å². The molecule has 0 aliphatic carbocycles. The van der Waals surface area contributed by atoms with Crippen LogP contribution in [0.2, 0.25) is 10.0 Å². The molecular formula is C19H18Cl2N6. The number of hydrogen-bond donors (Lipinski definition) is 0. The predicted octanol–water partition coefficient (Wildman–Crippen LogP) is 4.60. The molecule has 6 nitrogen and oxygen atoms in total. The van der Waals surface area contributed by atoms with E-state index in [4.69, 9.17) is 28.3 Å². The van der Waals surface area contributed by atoms with E-state index in [2.05, 4.69) is 10.2 Å². The summed E-state index contributed by atoms with van der Waals surface area (Å²) in [5.41, 5.74) is 6.18. The van der Waals surface area contributed by atoms with Gasteiger partial charge in [0.05, 0.1) is 28.8 Å². The van der Waals surface area contributed by atoms with Gasteiger partial charge < -0.3 is 0 Å². The molecule has 0 fully saturated rings. The van der Waals surface area contributed by atoms with Gasteiger partial charge in [-0.1, -0.05) is 23.2 Å². The summed E-state index contributed by atoms with van der Waals surface area (Å²) in [5, 5.41) is 14.8. The highest BCUT2D eigenvalue weighted by Gasteiger charge is 2.24. The molecule has 0 saturated heterocycles. The number of rotatable bonds is 3. The summed E-state index contributed by atoms with van der Waals surface area (Å²) in [6, 6.07) is 7.50. The van der Waals surface area contributed by atoms with Gasteiger partial charge in [-0.2, -0.15) is 15.3 Å². The molecule has 0 spiro atoms. The summed E-state index contributed by atoms with van der Waals surface area (Å²) in [4.78, 5) is 0. The third-order valence-corrected chi connectivity index (χ3v) is 5.49. The minimum absolute atomic E-state index is 0.567. The Kier molecular flexibility index (Phi) is 4.32. The van der Waals surface area contributed by atoms with E-state index < -0.39 is 0 Å². The van der Waals surface area contributed by atoms with Crippen molar-refractivity contribution in [3.05, 3.63) is 58.1 Å². The van der Waals surface area contributed by atoms with Crippen LogP contribution in [0, 0.1) is 13.8 Å². The van der Waals surface area contributed by atoms with E-state index >= 15 is 0 Å². The van der Waals surface area contributed by atoms with Crippen molar-refractivity contribution in [3.8, 4) is 28.2 Å². The Morgan fingerprint density at radius 3 is 1.89 bits per heavy atom. The van der Waals surface area contributed by atoms with E-state index in [0.717, 1.165) is 33.9 Å². The van der Waals surface area contributed by atoms with Crippen LogP contribution in [0.25, 0.3) is 28.2 Å². The van der Waals surface area contributed by atoms with E-state index in [1.807, 2.05) is 72.5 Å². The first-order chi connectivity index (χ1) is 12.9. The number of aryl methyl sites for hydroxylation is 2. The molecule has 8 heteroatoms. The summed E-state index contributed by atoms with van der Waals surface area (Å²) >= 11 is 12.9. The van der Waals surface area contributed by atoms with Crippen molar-refractivity contribution in [2.45, 2.75) is 13.8 Å². The summed E-state index contributed by atoms with van der Waals surface area (Å²) in [6.07, 6.45) is 3.60. The van der Waals surface area contributed by atoms with Crippen LogP contribution in [0.4, 0.5) is 0 Å². The Morgan fingerprint density at radius 2 is 1.37 bits per heavy atom. The lowest BCUT2D eigenvalue weighted by Gasteiger charge is -2.08. The van der Waals surface area contributed by atoms with Crippen molar-refractivity contribution in [1.29, 1.82) is 0 Å². The lowest BCUT2D eigenvalue weighted by atomic mass is 10.1. The highest BCUT2D eigenvalue weighted by Crippen LogP contribution is 2.39. The topological polar surface area (TPSA) is 53.5 Å². The highest BCUT2D eigenvalue weighted by molar-refractivity contribution is 6.35. The monoisotopic (exact) mass is 400 g/mol. The van der Waals surface area contributed by atoms with Gasteiger partial charge in [0.1, 0.15) is 5.69 Å². The molecule has 27 heavy (non-hydrogen) atoms. The Balaban J connectivity index is 2.02. The third-order valence-electron chi connectivity index (χ3n) is 4.88. The SMILES string of the molecule is Cc1c(-c2nn(-c3ccc(Cl)cc3)c(-c3cnn(C)c3C)c2Cl)cnn1C. The first kappa shape index (κ1) is 17.8. The molecular weight excluding hydrogens is 383 g/mol. The van der Waals surface area contributed by atoms with Gasteiger partial charge in [-0.25, -0.2) is 4.68 Å². The fraction of sp³-hybridized carbons (Fsp3) is 0.211. The third kappa shape index (κ3) is 2.85. The van der Waals surface area contributed by atoms with Crippen LogP contribution in [0.1, 0.15) is 11.4 Å². The van der Waals surface area contributed by atoms with Gasteiger partial charge in [-0.05, 0) is 38.1 Å². The van der Waals surface area contributed by atoms with E-state index in [9.17, 15) is 0 Å². The van der Waals surface area contributed by atoms with Crippen molar-refractivity contribution in [2.24, 2.45) is 14.1 Å². The Bertz CT molecular complexity index is 1130. The minimum Gasteiger partial charge on any atom is -0.272 e. The maximum Gasteiger partial charge on any atom is 0.115 e. The zero-order valence-corrected chi connectivity index (χ0v) is 16.9. The van der Waals surface area contributed by atoms with E-state index in [1.54, 1.807) is 6.20 Å². The average Bonchev–Trinajstić information content (AvgIpc) is 3.27. The summed E-state index contributed by atoms with van der Waals surface area (Å²) in [5.74, 6) is 0. The minimum atomic E-state index is 0.567. The van der Waals surface area contributed by atoms with Gasteiger partial charge in [0, 0.05) is 41.6 Å².